The van der Waals surface area contributed by atoms with Crippen molar-refractivity contribution in [1.82, 2.24) is 4.98 Å². The highest BCUT2D eigenvalue weighted by Crippen LogP contribution is 2.09. The summed E-state index contributed by atoms with van der Waals surface area (Å²) in [5, 5.41) is 21.7. The van der Waals surface area contributed by atoms with Crippen LogP contribution in [0.4, 0.5) is 0 Å². The van der Waals surface area contributed by atoms with E-state index in [4.69, 9.17) is 0 Å². The first-order valence-electron chi connectivity index (χ1n) is 9.51. The number of aromatic nitrogens is 1. The van der Waals surface area contributed by atoms with E-state index in [-0.39, 0.29) is 11.1 Å². The zero-order valence-electron chi connectivity index (χ0n) is 16.6. The van der Waals surface area contributed by atoms with E-state index in [2.05, 4.69) is 4.98 Å². The lowest BCUT2D eigenvalue weighted by atomic mass is 10.1. The van der Waals surface area contributed by atoms with E-state index in [1.165, 1.54) is 12.1 Å². The third-order valence-electron chi connectivity index (χ3n) is 4.46. The van der Waals surface area contributed by atoms with Gasteiger partial charge in [0.05, 0.1) is 11.1 Å². The van der Waals surface area contributed by atoms with E-state index in [1.54, 1.807) is 18.5 Å². The summed E-state index contributed by atoms with van der Waals surface area (Å²) >= 11 is 0. The van der Waals surface area contributed by atoms with Crippen molar-refractivity contribution in [2.45, 2.75) is 0 Å². The molecule has 4 rings (SSSR count). The molecule has 0 fully saturated rings. The highest BCUT2D eigenvalue weighted by Gasteiger charge is 2.23. The second kappa shape index (κ2) is 10.7. The third-order valence-corrected chi connectivity index (χ3v) is 7.17. The van der Waals surface area contributed by atoms with Crippen molar-refractivity contribution in [3.8, 4) is 0 Å². The van der Waals surface area contributed by atoms with Gasteiger partial charge in [-0.25, -0.2) is 9.59 Å². The van der Waals surface area contributed by atoms with Gasteiger partial charge in [0, 0.05) is 12.4 Å². The number of pyridine rings is 1. The zero-order valence-corrected chi connectivity index (χ0v) is 17.6. The molecule has 0 saturated carbocycles. The fourth-order valence-electron chi connectivity index (χ4n) is 3.09. The Balaban J connectivity index is 0.000000391. The van der Waals surface area contributed by atoms with Gasteiger partial charge >= 0.3 is 11.9 Å². The molecule has 2 N–H and O–H groups in total. The molecule has 3 aromatic carbocycles. The molecule has 0 amide bonds. The molecule has 1 radical (unpaired) electrons. The molecule has 5 nitrogen and oxygen atoms in total. The maximum Gasteiger partial charge on any atom is 0.336 e. The number of rotatable bonds is 5. The van der Waals surface area contributed by atoms with Crippen LogP contribution in [0.1, 0.15) is 20.7 Å². The summed E-state index contributed by atoms with van der Waals surface area (Å²) in [6, 6.07) is 30.1. The van der Waals surface area contributed by atoms with Gasteiger partial charge in [-0.1, -0.05) is 83.2 Å². The van der Waals surface area contributed by atoms with Crippen LogP contribution in [0.3, 0.4) is 0 Å². The van der Waals surface area contributed by atoms with Gasteiger partial charge in [-0.15, -0.1) is 0 Å². The summed E-state index contributed by atoms with van der Waals surface area (Å²) in [5.41, 5.74) is -0.377. The van der Waals surface area contributed by atoms with Crippen LogP contribution >= 0.6 is 0 Å². The lowest BCUT2D eigenvalue weighted by Crippen LogP contribution is -2.52. The summed E-state index contributed by atoms with van der Waals surface area (Å²) < 4.78 is 0. The van der Waals surface area contributed by atoms with Gasteiger partial charge in [-0.3, -0.25) is 4.98 Å². The van der Waals surface area contributed by atoms with Gasteiger partial charge < -0.3 is 10.2 Å². The molecule has 1 aromatic heterocycles. The topological polar surface area (TPSA) is 87.5 Å². The van der Waals surface area contributed by atoms with Crippen LogP contribution in [0.5, 0.6) is 0 Å². The quantitative estimate of drug-likeness (QED) is 0.378. The van der Waals surface area contributed by atoms with E-state index in [0.717, 1.165) is 15.6 Å². The van der Waals surface area contributed by atoms with E-state index < -0.39 is 20.7 Å². The minimum Gasteiger partial charge on any atom is -0.478 e. The second-order valence-electron chi connectivity index (χ2n) is 6.50. The van der Waals surface area contributed by atoms with Crippen LogP contribution in [0.25, 0.3) is 0 Å². The number of hydrogen-bond donors (Lipinski definition) is 2. The average molecular weight is 427 g/mol. The molecule has 1 heterocycles. The smallest absolute Gasteiger partial charge is 0.336 e. The highest BCUT2D eigenvalue weighted by molar-refractivity contribution is 6.95. The number of hydrogen-bond acceptors (Lipinski definition) is 3. The van der Waals surface area contributed by atoms with E-state index in [9.17, 15) is 19.8 Å². The van der Waals surface area contributed by atoms with E-state index >= 15 is 0 Å². The van der Waals surface area contributed by atoms with Crippen molar-refractivity contribution in [3.63, 3.8) is 0 Å². The maximum atomic E-state index is 11.5. The van der Waals surface area contributed by atoms with Gasteiger partial charge in [-0.05, 0) is 29.5 Å². The number of carbonyl (C=O) groups is 2. The van der Waals surface area contributed by atoms with Crippen LogP contribution in [-0.4, -0.2) is 35.9 Å². The minimum absolute atomic E-state index is 0.181. The number of aromatic carboxylic acids is 2. The summed E-state index contributed by atoms with van der Waals surface area (Å²) in [7, 11) is -1.43. The first kappa shape index (κ1) is 21.7. The Hall–Kier alpha value is -4.03. The summed E-state index contributed by atoms with van der Waals surface area (Å²) in [4.78, 5) is 26.6. The number of nitrogens with zero attached hydrogens (tertiary/aromatic N) is 1. The lowest BCUT2D eigenvalue weighted by Gasteiger charge is -2.17. The molecule has 0 bridgehead atoms. The van der Waals surface area contributed by atoms with Crippen molar-refractivity contribution in [3.05, 3.63) is 121 Å². The Labute approximate surface area is 181 Å². The van der Waals surface area contributed by atoms with Gasteiger partial charge in [0.1, 0.15) is 0 Å². The molecular weight excluding hydrogens is 406 g/mol. The van der Waals surface area contributed by atoms with Crippen molar-refractivity contribution in [2.75, 3.05) is 0 Å². The number of benzene rings is 3. The second-order valence-corrected chi connectivity index (χ2v) is 8.98. The fourth-order valence-corrected chi connectivity index (χ4v) is 5.68. The molecule has 6 heteroatoms. The largest absolute Gasteiger partial charge is 0.478 e. The predicted molar refractivity (Wildman–Crippen MR) is 122 cm³/mol. The molecule has 4 aromatic rings. The van der Waals surface area contributed by atoms with Crippen LogP contribution in [0.15, 0.2) is 109 Å². The van der Waals surface area contributed by atoms with Crippen molar-refractivity contribution >= 4 is 36.3 Å². The molecule has 0 aliphatic heterocycles. The van der Waals surface area contributed by atoms with E-state index in [0.29, 0.717) is 0 Å². The maximum absolute atomic E-state index is 11.5. The normalized spacial score (nSPS) is 10.1. The van der Waals surface area contributed by atoms with Gasteiger partial charge in [0.15, 0.2) is 8.80 Å². The first-order valence-corrected chi connectivity index (χ1v) is 11.0. The molecule has 0 unspecified atom stereocenters. The molecule has 31 heavy (non-hydrogen) atoms. The SMILES string of the molecule is O=C(O)c1ccc([Si](c2ccccc2)c2ccccc2)cc1C(=O)O.c1ccncc1. The Morgan fingerprint density at radius 1 is 0.581 bits per heavy atom. The first-order chi connectivity index (χ1) is 15.1. The summed E-state index contributed by atoms with van der Waals surface area (Å²) in [6.07, 6.45) is 3.50. The van der Waals surface area contributed by atoms with Crippen molar-refractivity contribution < 1.29 is 19.8 Å². The minimum atomic E-state index is -1.43. The summed E-state index contributed by atoms with van der Waals surface area (Å²) in [5.74, 6) is -2.47. The zero-order chi connectivity index (χ0) is 22.1. The Bertz CT molecular complexity index is 1070. The van der Waals surface area contributed by atoms with Gasteiger partial charge in [-0.2, -0.15) is 0 Å². The number of carboxylic acids is 2. The van der Waals surface area contributed by atoms with Crippen LogP contribution in [0.2, 0.25) is 0 Å². The number of carboxylic acid groups (broad SMARTS) is 2. The molecule has 0 spiro atoms. The molecule has 0 aliphatic carbocycles. The molecule has 0 saturated heterocycles. The molecule has 153 valence electrons. The molecule has 0 aliphatic rings. The van der Waals surface area contributed by atoms with Crippen LogP contribution in [0, 0.1) is 0 Å². The summed E-state index contributed by atoms with van der Waals surface area (Å²) in [6.45, 7) is 0. The Kier molecular flexibility index (Phi) is 7.45. The fraction of sp³-hybridized carbons (Fsp3) is 0. The highest BCUT2D eigenvalue weighted by atomic mass is 28.3. The average Bonchev–Trinajstić information content (AvgIpc) is 2.82. The van der Waals surface area contributed by atoms with E-state index in [1.807, 2.05) is 78.9 Å². The standard InChI is InChI=1S/C20H15O4Si.C5H5N/c21-19(22)17-12-11-16(13-18(17)20(23)24)25(14-7-3-1-4-8-14)15-9-5-2-6-10-15;1-2-4-6-5-3-1/h1-13H,(H,21,22)(H,23,24);1-5H. The van der Waals surface area contributed by atoms with Crippen molar-refractivity contribution in [2.24, 2.45) is 0 Å². The van der Waals surface area contributed by atoms with Crippen LogP contribution < -0.4 is 15.6 Å². The Morgan fingerprint density at radius 3 is 1.45 bits per heavy atom. The molecule has 0 atom stereocenters. The van der Waals surface area contributed by atoms with Crippen LogP contribution in [-0.2, 0) is 0 Å². The molecular formula is C25H20NO4Si. The monoisotopic (exact) mass is 426 g/mol. The lowest BCUT2D eigenvalue weighted by molar-refractivity contribution is 0.0651. The van der Waals surface area contributed by atoms with Gasteiger partial charge in [0.2, 0.25) is 0 Å². The Morgan fingerprint density at radius 2 is 1.06 bits per heavy atom. The van der Waals surface area contributed by atoms with Gasteiger partial charge in [0.25, 0.3) is 0 Å². The predicted octanol–water partition coefficient (Wildman–Crippen LogP) is 2.68. The van der Waals surface area contributed by atoms with Crippen molar-refractivity contribution in [1.29, 1.82) is 0 Å². The third kappa shape index (κ3) is 5.74.